The lowest BCUT2D eigenvalue weighted by atomic mass is 9.91. The molecule has 416 valence electrons. The molecule has 6 aliphatic rings. The lowest BCUT2D eigenvalue weighted by molar-refractivity contribution is -0.141. The van der Waals surface area contributed by atoms with Crippen LogP contribution >= 0.6 is 11.3 Å². The molecule has 12 rings (SSSR count). The number of piperidine rings is 1. The van der Waals surface area contributed by atoms with Crippen LogP contribution in [0.25, 0.3) is 21.7 Å². The van der Waals surface area contributed by atoms with Gasteiger partial charge in [-0.25, -0.2) is 9.97 Å². The molecule has 9 heterocycles. The first-order chi connectivity index (χ1) is 38.3. The number of piperazine rings is 1. The number of aromatic hydroxyl groups is 1. The molecule has 5 aliphatic heterocycles. The van der Waals surface area contributed by atoms with Gasteiger partial charge < -0.3 is 59.8 Å². The maximum absolute atomic E-state index is 14.4. The molecule has 6 fully saturated rings. The Morgan fingerprint density at radius 2 is 1.62 bits per heavy atom. The maximum atomic E-state index is 14.4. The minimum atomic E-state index is -0.804. The second-order valence-electron chi connectivity index (χ2n) is 23.1. The van der Waals surface area contributed by atoms with Crippen LogP contribution in [0.3, 0.4) is 0 Å². The molecule has 2 amide bonds. The van der Waals surface area contributed by atoms with E-state index in [0.29, 0.717) is 46.7 Å². The zero-order chi connectivity index (χ0) is 54.5. The van der Waals surface area contributed by atoms with Crippen LogP contribution in [0.2, 0.25) is 0 Å². The summed E-state index contributed by atoms with van der Waals surface area (Å²) in [5, 5.41) is 37.3. The van der Waals surface area contributed by atoms with Crippen molar-refractivity contribution in [2.45, 2.75) is 127 Å². The number of fused-ring (bicyclic) bond motifs is 2. The smallest absolute Gasteiger partial charge is 0.243 e. The first kappa shape index (κ1) is 52.8. The highest BCUT2D eigenvalue weighted by Gasteiger charge is 2.45. The number of β-amino-alcohol motifs (C(OH)–C–C–N with tert-alkyl or cyclic N) is 1. The molecule has 1 aliphatic carbocycles. The Morgan fingerprint density at radius 1 is 0.861 bits per heavy atom. The molecule has 6 atom stereocenters. The number of benzene rings is 2. The number of aliphatic hydroxyl groups is 1. The van der Waals surface area contributed by atoms with Crippen LogP contribution in [-0.2, 0) is 14.3 Å². The first-order valence-electron chi connectivity index (χ1n) is 28.2. The number of nitrogens with zero attached hydrogens (tertiary/aromatic N) is 10. The van der Waals surface area contributed by atoms with Gasteiger partial charge in [0.25, 0.3) is 0 Å². The van der Waals surface area contributed by atoms with Crippen LogP contribution in [0.5, 0.6) is 11.6 Å². The summed E-state index contributed by atoms with van der Waals surface area (Å²) in [6.45, 7) is 14.3. The van der Waals surface area contributed by atoms with Crippen molar-refractivity contribution in [3.05, 3.63) is 102 Å². The Bertz CT molecular complexity index is 3100. The van der Waals surface area contributed by atoms with Crippen LogP contribution in [0.4, 0.5) is 23.0 Å². The van der Waals surface area contributed by atoms with Crippen molar-refractivity contribution in [2.75, 3.05) is 72.8 Å². The van der Waals surface area contributed by atoms with Crippen LogP contribution in [0, 0.1) is 18.8 Å². The van der Waals surface area contributed by atoms with Crippen molar-refractivity contribution in [1.82, 2.24) is 40.4 Å². The Hall–Kier alpha value is -6.87. The number of nitrogens with two attached hydrogens (primary N) is 1. The van der Waals surface area contributed by atoms with Crippen molar-refractivity contribution in [3.63, 3.8) is 0 Å². The summed E-state index contributed by atoms with van der Waals surface area (Å²) in [5.41, 5.74) is 14.5. The number of ether oxygens (including phenoxy) is 2. The third-order valence-electron chi connectivity index (χ3n) is 17.3. The summed E-state index contributed by atoms with van der Waals surface area (Å²) in [6.07, 6.45) is 7.63. The Labute approximate surface area is 465 Å². The standard InChI is InChI=1S/C59H72N12O7S/c1-34(2)55(59(75)70-32-43(72)22-50(70)58(74)63-35(3)38-9-11-39(12-10-38)56-36(4)62-33-79-56)52-26-53(66-78-52)69-28-37(29-69)27-67-19-16-44(17-20-67)76-45-23-46(24-45)77-54-21-40(15-18-61-54)71-41-13-14-42(71)31-68(30-41)49-25-48(64-65-57(49)60)47-7-5-6-8-51(47)73/h5-12,15,18,21,25-26,33-35,37,41-46,50,55,72-73H,13-14,16-17,19-20,22-24,27-32H2,1-4H3,(H2,60,65)(H,63,74)/t35-,41?,42?,43+,45?,46?,50-,55+/m0/s1. The van der Waals surface area contributed by atoms with Gasteiger partial charge in [-0.05, 0) is 80.8 Å². The second kappa shape index (κ2) is 22.3. The predicted octanol–water partition coefficient (Wildman–Crippen LogP) is 7.21. The van der Waals surface area contributed by atoms with Crippen molar-refractivity contribution in [2.24, 2.45) is 11.8 Å². The first-order valence-corrected chi connectivity index (χ1v) is 29.1. The van der Waals surface area contributed by atoms with Gasteiger partial charge in [0.1, 0.15) is 23.8 Å². The Morgan fingerprint density at radius 3 is 2.34 bits per heavy atom. The zero-order valence-electron chi connectivity index (χ0n) is 45.4. The molecule has 0 radical (unpaired) electrons. The topological polar surface area (TPSA) is 225 Å². The van der Waals surface area contributed by atoms with E-state index in [4.69, 9.17) is 19.7 Å². The van der Waals surface area contributed by atoms with Crippen LogP contribution in [-0.4, -0.2) is 152 Å². The number of likely N-dealkylation sites (tertiary alicyclic amines) is 2. The number of carbonyl (C=O) groups excluding carboxylic acids is 2. The number of carbonyl (C=O) groups is 2. The molecule has 19 nitrogen and oxygen atoms in total. The minimum Gasteiger partial charge on any atom is -0.507 e. The molecule has 2 unspecified atom stereocenters. The Balaban J connectivity index is 0.566. The largest absolute Gasteiger partial charge is 0.507 e. The highest BCUT2D eigenvalue weighted by atomic mass is 32.1. The quantitative estimate of drug-likeness (QED) is 0.0708. The van der Waals surface area contributed by atoms with Gasteiger partial charge in [0.2, 0.25) is 17.7 Å². The van der Waals surface area contributed by atoms with Crippen molar-refractivity contribution in [1.29, 1.82) is 0 Å². The van der Waals surface area contributed by atoms with Crippen molar-refractivity contribution < 1.29 is 33.8 Å². The summed E-state index contributed by atoms with van der Waals surface area (Å²) >= 11 is 1.60. The third-order valence-corrected chi connectivity index (χ3v) is 18.3. The number of aromatic nitrogens is 5. The number of aryl methyl sites for hydroxylation is 1. The summed E-state index contributed by atoms with van der Waals surface area (Å²) in [6, 6.07) is 22.8. The number of thiazole rings is 1. The summed E-state index contributed by atoms with van der Waals surface area (Å²) in [7, 11) is 0. The molecule has 6 aromatic rings. The summed E-state index contributed by atoms with van der Waals surface area (Å²) in [5.74, 6) is 1.58. The number of phenolic OH excluding ortho intramolecular Hbond substituents is 1. The normalized spacial score (nSPS) is 24.4. The lowest BCUT2D eigenvalue weighted by Gasteiger charge is -2.44. The maximum Gasteiger partial charge on any atom is 0.243 e. The molecule has 1 saturated carbocycles. The average Bonchev–Trinajstić information content (AvgIpc) is 4.37. The number of anilines is 4. The number of amides is 2. The predicted molar refractivity (Wildman–Crippen MR) is 302 cm³/mol. The van der Waals surface area contributed by atoms with Crippen LogP contribution < -0.4 is 30.5 Å². The number of aliphatic hydroxyl groups excluding tert-OH is 1. The van der Waals surface area contributed by atoms with Crippen molar-refractivity contribution in [3.8, 4) is 33.3 Å². The van der Waals surface area contributed by atoms with E-state index >= 15 is 0 Å². The van der Waals surface area contributed by atoms with E-state index in [2.05, 4.69) is 62.4 Å². The molecule has 79 heavy (non-hydrogen) atoms. The number of hydrogen-bond donors (Lipinski definition) is 4. The van der Waals surface area contributed by atoms with Gasteiger partial charge in [-0.1, -0.05) is 55.4 Å². The number of para-hydroxylation sites is 1. The van der Waals surface area contributed by atoms with Crippen LogP contribution in [0.1, 0.15) is 94.7 Å². The molecule has 5 saturated heterocycles. The highest BCUT2D eigenvalue weighted by Crippen LogP contribution is 2.41. The monoisotopic (exact) mass is 1090 g/mol. The molecule has 4 aromatic heterocycles. The molecular formula is C59H72N12O7S. The van der Waals surface area contributed by atoms with E-state index in [1.54, 1.807) is 23.5 Å². The number of nitrogens with one attached hydrogen (secondary N) is 1. The number of pyridine rings is 1. The van der Waals surface area contributed by atoms with Gasteiger partial charge in [-0.15, -0.1) is 21.5 Å². The van der Waals surface area contributed by atoms with Gasteiger partial charge in [0.15, 0.2) is 17.4 Å². The number of hydrogen-bond acceptors (Lipinski definition) is 18. The fraction of sp³-hybridized carbons (Fsp3) is 0.508. The Kier molecular flexibility index (Phi) is 14.9. The summed E-state index contributed by atoms with van der Waals surface area (Å²) in [4.78, 5) is 49.4. The SMILES string of the molecule is Cc1ncsc1-c1ccc([C@H](C)NC(=O)[C@@H]2C[C@@H](O)CN2C(=O)[C@@H](c2cc(N3CC(CN4CCC(OC5CC(Oc6cc(N7C8CCC7CN(c7cc(-c9ccccc9O)nnc7N)C8)ccn6)C5)CC4)C3)no2)C(C)C)cc1. The number of phenols is 1. The molecular weight excluding hydrogens is 1020 g/mol. The van der Waals surface area contributed by atoms with Crippen LogP contribution in [0.15, 0.2) is 89.0 Å². The van der Waals surface area contributed by atoms with Gasteiger partial charge in [0.05, 0.1) is 51.8 Å². The molecule has 2 bridgehead atoms. The highest BCUT2D eigenvalue weighted by molar-refractivity contribution is 7.13. The minimum absolute atomic E-state index is 0.0787. The fourth-order valence-corrected chi connectivity index (χ4v) is 13.7. The summed E-state index contributed by atoms with van der Waals surface area (Å²) < 4.78 is 19.0. The lowest BCUT2D eigenvalue weighted by Crippen LogP contribution is -2.54. The van der Waals surface area contributed by atoms with Crippen molar-refractivity contribution >= 4 is 46.2 Å². The van der Waals surface area contributed by atoms with E-state index in [0.717, 1.165) is 123 Å². The fourth-order valence-electron chi connectivity index (χ4n) is 12.9. The van der Waals surface area contributed by atoms with E-state index in [9.17, 15) is 19.8 Å². The molecule has 2 aromatic carbocycles. The van der Waals surface area contributed by atoms with E-state index in [1.807, 2.05) is 87.9 Å². The van der Waals surface area contributed by atoms with E-state index in [-0.39, 0.29) is 60.8 Å². The van der Waals surface area contributed by atoms with E-state index < -0.39 is 18.1 Å². The molecule has 0 spiro atoms. The number of rotatable bonds is 17. The zero-order valence-corrected chi connectivity index (χ0v) is 46.3. The van der Waals surface area contributed by atoms with Gasteiger partial charge in [-0.2, -0.15) is 0 Å². The molecule has 20 heteroatoms. The third kappa shape index (κ3) is 11.1. The van der Waals surface area contributed by atoms with Gasteiger partial charge in [-0.3, -0.25) is 9.59 Å². The van der Waals surface area contributed by atoms with Gasteiger partial charge >= 0.3 is 0 Å². The second-order valence-corrected chi connectivity index (χ2v) is 24.0. The number of nitrogen functional groups attached to an aromatic ring is 1. The molecule has 5 N–H and O–H groups in total. The van der Waals surface area contributed by atoms with E-state index in [1.165, 1.54) is 4.90 Å². The average molecular weight is 1090 g/mol. The van der Waals surface area contributed by atoms with Gasteiger partial charge in [0, 0.05) is 119 Å².